The van der Waals surface area contributed by atoms with Crippen molar-refractivity contribution in [3.8, 4) is 11.5 Å². The fourth-order valence-electron chi connectivity index (χ4n) is 1.78. The summed E-state index contributed by atoms with van der Waals surface area (Å²) >= 11 is 5.20. The molecule has 0 aromatic carbocycles. The summed E-state index contributed by atoms with van der Waals surface area (Å²) < 4.78 is 2.44. The van der Waals surface area contributed by atoms with E-state index < -0.39 is 0 Å². The van der Waals surface area contributed by atoms with Crippen molar-refractivity contribution in [2.45, 2.75) is 25.8 Å². The predicted molar refractivity (Wildman–Crippen MR) is 73.7 cm³/mol. The van der Waals surface area contributed by atoms with Gasteiger partial charge in [-0.3, -0.25) is 19.4 Å². The first kappa shape index (κ1) is 13.4. The number of nitrogens with two attached hydrogens (primary N) is 1. The zero-order valence-electron chi connectivity index (χ0n) is 10.4. The van der Waals surface area contributed by atoms with Gasteiger partial charge in [-0.25, -0.2) is 0 Å². The van der Waals surface area contributed by atoms with E-state index in [1.54, 1.807) is 6.20 Å². The number of pyridine rings is 1. The summed E-state index contributed by atoms with van der Waals surface area (Å²) in [6.07, 6.45) is 3.66. The van der Waals surface area contributed by atoms with Gasteiger partial charge in [-0.2, -0.15) is 5.10 Å². The molecule has 0 bridgehead atoms. The number of hydrogen-bond acceptors (Lipinski definition) is 4. The van der Waals surface area contributed by atoms with E-state index in [-0.39, 0.29) is 5.91 Å². The monoisotopic (exact) mass is 277 g/mol. The maximum absolute atomic E-state index is 10.7. The normalized spacial score (nSPS) is 10.5. The van der Waals surface area contributed by atoms with Gasteiger partial charge >= 0.3 is 0 Å². The van der Waals surface area contributed by atoms with Crippen LogP contribution in [0.25, 0.3) is 11.5 Å². The molecule has 0 aliphatic heterocycles. The van der Waals surface area contributed by atoms with E-state index in [1.807, 2.05) is 22.8 Å². The third-order valence-corrected chi connectivity index (χ3v) is 3.02. The molecule has 1 amide bonds. The van der Waals surface area contributed by atoms with Gasteiger partial charge in [-0.15, -0.1) is 0 Å². The molecule has 2 heterocycles. The number of H-pyrrole nitrogens is 1. The number of aromatic nitrogens is 4. The molecule has 2 rings (SSSR count). The fourth-order valence-corrected chi connectivity index (χ4v) is 2.01. The van der Waals surface area contributed by atoms with Crippen LogP contribution in [0.1, 0.15) is 19.3 Å². The Morgan fingerprint density at radius 3 is 2.95 bits per heavy atom. The SMILES string of the molecule is NC(=O)CCCCn1c(-c2ccccn2)n[nH]c1=S. The fraction of sp³-hybridized carbons (Fsp3) is 0.333. The van der Waals surface area contributed by atoms with Crippen molar-refractivity contribution in [2.24, 2.45) is 5.73 Å². The van der Waals surface area contributed by atoms with Gasteiger partial charge < -0.3 is 5.73 Å². The number of hydrogen-bond donors (Lipinski definition) is 2. The van der Waals surface area contributed by atoms with E-state index in [4.69, 9.17) is 18.0 Å². The lowest BCUT2D eigenvalue weighted by molar-refractivity contribution is -0.118. The van der Waals surface area contributed by atoms with Crippen molar-refractivity contribution >= 4 is 18.1 Å². The number of unbranched alkanes of at least 4 members (excludes halogenated alkanes) is 1. The highest BCUT2D eigenvalue weighted by atomic mass is 32.1. The Hall–Kier alpha value is -2.02. The zero-order chi connectivity index (χ0) is 13.7. The van der Waals surface area contributed by atoms with Crippen LogP contribution in [0.3, 0.4) is 0 Å². The molecule has 100 valence electrons. The second-order valence-corrected chi connectivity index (χ2v) is 4.53. The molecule has 0 aliphatic rings. The average molecular weight is 277 g/mol. The summed E-state index contributed by atoms with van der Waals surface area (Å²) in [6.45, 7) is 0.689. The van der Waals surface area contributed by atoms with Gasteiger partial charge in [0, 0.05) is 19.2 Å². The molecule has 3 N–H and O–H groups in total. The molecule has 0 atom stereocenters. The van der Waals surface area contributed by atoms with Crippen LogP contribution in [0.2, 0.25) is 0 Å². The first-order valence-corrected chi connectivity index (χ1v) is 6.44. The lowest BCUT2D eigenvalue weighted by atomic mass is 10.2. The van der Waals surface area contributed by atoms with Gasteiger partial charge in [-0.05, 0) is 37.2 Å². The molecule has 0 radical (unpaired) electrons. The largest absolute Gasteiger partial charge is 0.370 e. The topological polar surface area (TPSA) is 89.6 Å². The lowest BCUT2D eigenvalue weighted by Gasteiger charge is -2.05. The molecule has 0 spiro atoms. The number of carbonyl (C=O) groups excluding carboxylic acids is 1. The Labute approximate surface area is 115 Å². The minimum Gasteiger partial charge on any atom is -0.370 e. The quantitative estimate of drug-likeness (QED) is 0.620. The highest BCUT2D eigenvalue weighted by Gasteiger charge is 2.09. The van der Waals surface area contributed by atoms with Crippen LogP contribution < -0.4 is 5.73 Å². The van der Waals surface area contributed by atoms with E-state index in [1.165, 1.54) is 0 Å². The van der Waals surface area contributed by atoms with E-state index in [2.05, 4.69) is 15.2 Å². The lowest BCUT2D eigenvalue weighted by Crippen LogP contribution is -2.10. The number of nitrogens with zero attached hydrogens (tertiary/aromatic N) is 3. The third kappa shape index (κ3) is 3.47. The van der Waals surface area contributed by atoms with Crippen LogP contribution in [-0.2, 0) is 11.3 Å². The number of rotatable bonds is 6. The molecule has 0 saturated carbocycles. The molecule has 0 unspecified atom stereocenters. The van der Waals surface area contributed by atoms with Crippen LogP contribution in [0.15, 0.2) is 24.4 Å². The van der Waals surface area contributed by atoms with Crippen molar-refractivity contribution < 1.29 is 4.79 Å². The summed E-state index contributed by atoms with van der Waals surface area (Å²) in [7, 11) is 0. The van der Waals surface area contributed by atoms with Crippen molar-refractivity contribution in [3.63, 3.8) is 0 Å². The molecule has 2 aromatic rings. The Kier molecular flexibility index (Phi) is 4.40. The molecule has 2 aromatic heterocycles. The van der Waals surface area contributed by atoms with E-state index in [9.17, 15) is 4.79 Å². The van der Waals surface area contributed by atoms with Gasteiger partial charge in [0.1, 0.15) is 5.69 Å². The van der Waals surface area contributed by atoms with E-state index >= 15 is 0 Å². The number of nitrogens with one attached hydrogen (secondary N) is 1. The molecule has 0 fully saturated rings. The number of primary amides is 1. The number of amides is 1. The van der Waals surface area contributed by atoms with Crippen LogP contribution in [0, 0.1) is 4.77 Å². The highest BCUT2D eigenvalue weighted by molar-refractivity contribution is 7.71. The summed E-state index contributed by atoms with van der Waals surface area (Å²) in [5.41, 5.74) is 5.88. The van der Waals surface area contributed by atoms with Gasteiger partial charge in [0.15, 0.2) is 10.6 Å². The zero-order valence-corrected chi connectivity index (χ0v) is 11.2. The Bertz CT molecular complexity index is 604. The summed E-state index contributed by atoms with van der Waals surface area (Å²) in [4.78, 5) is 14.9. The number of aromatic amines is 1. The molecule has 19 heavy (non-hydrogen) atoms. The van der Waals surface area contributed by atoms with Crippen LogP contribution in [0.5, 0.6) is 0 Å². The van der Waals surface area contributed by atoms with Gasteiger partial charge in [0.05, 0.1) is 0 Å². The minimum atomic E-state index is -0.277. The second kappa shape index (κ2) is 6.24. The summed E-state index contributed by atoms with van der Waals surface area (Å²) in [5, 5.41) is 6.96. The standard InChI is InChI=1S/C12H15N5OS/c13-10(18)6-2-4-8-17-11(15-16-12(17)19)9-5-1-3-7-14-9/h1,3,5,7H,2,4,6,8H2,(H2,13,18)(H,16,19). The summed E-state index contributed by atoms with van der Waals surface area (Å²) in [5.74, 6) is 0.436. The highest BCUT2D eigenvalue weighted by Crippen LogP contribution is 2.14. The van der Waals surface area contributed by atoms with Crippen molar-refractivity contribution in [3.05, 3.63) is 29.2 Å². The van der Waals surface area contributed by atoms with Gasteiger partial charge in [0.2, 0.25) is 5.91 Å². The smallest absolute Gasteiger partial charge is 0.217 e. The van der Waals surface area contributed by atoms with Crippen LogP contribution in [-0.4, -0.2) is 25.7 Å². The third-order valence-electron chi connectivity index (χ3n) is 2.71. The first-order chi connectivity index (χ1) is 9.18. The molecule has 0 aliphatic carbocycles. The predicted octanol–water partition coefficient (Wildman–Crippen LogP) is 1.66. The van der Waals surface area contributed by atoms with Gasteiger partial charge in [-0.1, -0.05) is 6.07 Å². The van der Waals surface area contributed by atoms with Gasteiger partial charge in [0.25, 0.3) is 0 Å². The Balaban J connectivity index is 2.10. The van der Waals surface area contributed by atoms with Crippen molar-refractivity contribution in [1.82, 2.24) is 19.7 Å². The van der Waals surface area contributed by atoms with E-state index in [0.29, 0.717) is 23.6 Å². The molecular weight excluding hydrogens is 262 g/mol. The summed E-state index contributed by atoms with van der Waals surface area (Å²) in [6, 6.07) is 5.63. The Morgan fingerprint density at radius 2 is 2.26 bits per heavy atom. The van der Waals surface area contributed by atoms with E-state index in [0.717, 1.165) is 18.5 Å². The molecule has 0 saturated heterocycles. The molecule has 7 heteroatoms. The average Bonchev–Trinajstić information content (AvgIpc) is 2.77. The first-order valence-electron chi connectivity index (χ1n) is 6.03. The number of carbonyl (C=O) groups is 1. The van der Waals surface area contributed by atoms with Crippen molar-refractivity contribution in [1.29, 1.82) is 0 Å². The van der Waals surface area contributed by atoms with Crippen LogP contribution >= 0.6 is 12.2 Å². The van der Waals surface area contributed by atoms with Crippen LogP contribution in [0.4, 0.5) is 0 Å². The molecular formula is C12H15N5OS. The maximum atomic E-state index is 10.7. The molecule has 6 nitrogen and oxygen atoms in total. The minimum absolute atomic E-state index is 0.277. The maximum Gasteiger partial charge on any atom is 0.217 e. The second-order valence-electron chi connectivity index (χ2n) is 4.14. The van der Waals surface area contributed by atoms with Crippen molar-refractivity contribution in [2.75, 3.05) is 0 Å². The Morgan fingerprint density at radius 1 is 1.42 bits per heavy atom.